The first-order valence-electron chi connectivity index (χ1n) is 7.30. The standard InChI is InChI=1S/C19H24/c1-4-15-7-9-16(10-8-15)11-12-17-13-18(5-2)19(6-3)14-17/h4-5,7-12,17-19H,1-2,6,13-14H2,3H3/b12-11+. The Balaban J connectivity index is 1.98. The Morgan fingerprint density at radius 1 is 1.11 bits per heavy atom. The lowest BCUT2D eigenvalue weighted by molar-refractivity contribution is 0.443. The van der Waals surface area contributed by atoms with Crippen molar-refractivity contribution in [2.75, 3.05) is 0 Å². The summed E-state index contributed by atoms with van der Waals surface area (Å²) in [6, 6.07) is 8.54. The Kier molecular flexibility index (Phi) is 4.79. The molecule has 0 radical (unpaired) electrons. The van der Waals surface area contributed by atoms with Crippen molar-refractivity contribution in [1.82, 2.24) is 0 Å². The molecule has 0 aliphatic heterocycles. The van der Waals surface area contributed by atoms with Gasteiger partial charge >= 0.3 is 0 Å². The lowest BCUT2D eigenvalue weighted by atomic mass is 9.94. The quantitative estimate of drug-likeness (QED) is 0.600. The van der Waals surface area contributed by atoms with Crippen molar-refractivity contribution in [1.29, 1.82) is 0 Å². The van der Waals surface area contributed by atoms with Crippen LogP contribution in [-0.4, -0.2) is 0 Å². The Hall–Kier alpha value is -1.56. The predicted molar refractivity (Wildman–Crippen MR) is 85.8 cm³/mol. The molecule has 0 spiro atoms. The van der Waals surface area contributed by atoms with Crippen molar-refractivity contribution >= 4 is 12.2 Å². The highest BCUT2D eigenvalue weighted by molar-refractivity contribution is 5.54. The number of hydrogen-bond acceptors (Lipinski definition) is 0. The third kappa shape index (κ3) is 3.47. The Morgan fingerprint density at radius 3 is 2.32 bits per heavy atom. The highest BCUT2D eigenvalue weighted by atomic mass is 14.3. The van der Waals surface area contributed by atoms with E-state index in [1.807, 2.05) is 6.08 Å². The van der Waals surface area contributed by atoms with E-state index in [1.165, 1.54) is 30.4 Å². The van der Waals surface area contributed by atoms with E-state index < -0.39 is 0 Å². The molecule has 0 aromatic heterocycles. The molecular weight excluding hydrogens is 228 g/mol. The zero-order chi connectivity index (χ0) is 13.7. The fraction of sp³-hybridized carbons (Fsp3) is 0.368. The minimum Gasteiger partial charge on any atom is -0.103 e. The van der Waals surface area contributed by atoms with Gasteiger partial charge in [-0.05, 0) is 41.7 Å². The Labute approximate surface area is 117 Å². The van der Waals surface area contributed by atoms with Gasteiger partial charge in [0.2, 0.25) is 0 Å². The highest BCUT2D eigenvalue weighted by Crippen LogP contribution is 2.39. The summed E-state index contributed by atoms with van der Waals surface area (Å²) in [7, 11) is 0. The molecule has 1 fully saturated rings. The van der Waals surface area contributed by atoms with Crippen LogP contribution in [0.5, 0.6) is 0 Å². The fourth-order valence-electron chi connectivity index (χ4n) is 3.11. The van der Waals surface area contributed by atoms with Crippen LogP contribution in [0.4, 0.5) is 0 Å². The maximum absolute atomic E-state index is 3.98. The van der Waals surface area contributed by atoms with Gasteiger partial charge in [-0.25, -0.2) is 0 Å². The number of allylic oxidation sites excluding steroid dienone is 2. The van der Waals surface area contributed by atoms with E-state index in [2.05, 4.69) is 62.6 Å². The number of rotatable bonds is 5. The molecule has 1 aliphatic carbocycles. The van der Waals surface area contributed by atoms with Gasteiger partial charge in [0, 0.05) is 0 Å². The van der Waals surface area contributed by atoms with E-state index in [0.29, 0.717) is 11.8 Å². The van der Waals surface area contributed by atoms with E-state index in [0.717, 1.165) is 5.92 Å². The molecule has 0 N–H and O–H groups in total. The normalized spacial score (nSPS) is 26.7. The van der Waals surface area contributed by atoms with Crippen LogP contribution < -0.4 is 0 Å². The third-order valence-corrected chi connectivity index (χ3v) is 4.35. The first kappa shape index (κ1) is 13.9. The smallest absolute Gasteiger partial charge is 0.0202 e. The second-order valence-electron chi connectivity index (χ2n) is 5.53. The Bertz CT molecular complexity index is 449. The second-order valence-corrected chi connectivity index (χ2v) is 5.53. The SMILES string of the molecule is C=Cc1ccc(/C=C/C2CC(C=C)C(CC)C2)cc1. The van der Waals surface area contributed by atoms with Crippen molar-refractivity contribution in [3.05, 3.63) is 60.7 Å². The van der Waals surface area contributed by atoms with Crippen LogP contribution in [0.3, 0.4) is 0 Å². The molecule has 0 heterocycles. The Morgan fingerprint density at radius 2 is 1.79 bits per heavy atom. The minimum absolute atomic E-state index is 0.711. The van der Waals surface area contributed by atoms with Crippen LogP contribution in [0.15, 0.2) is 49.6 Å². The van der Waals surface area contributed by atoms with Crippen LogP contribution in [0.25, 0.3) is 12.2 Å². The van der Waals surface area contributed by atoms with Crippen molar-refractivity contribution < 1.29 is 0 Å². The highest BCUT2D eigenvalue weighted by Gasteiger charge is 2.29. The van der Waals surface area contributed by atoms with Gasteiger partial charge < -0.3 is 0 Å². The van der Waals surface area contributed by atoms with Gasteiger partial charge in [0.05, 0.1) is 0 Å². The molecule has 1 aliphatic rings. The average molecular weight is 252 g/mol. The molecule has 2 rings (SSSR count). The number of benzene rings is 1. The van der Waals surface area contributed by atoms with Crippen LogP contribution in [0.2, 0.25) is 0 Å². The predicted octanol–water partition coefficient (Wildman–Crippen LogP) is 5.58. The second kappa shape index (κ2) is 6.56. The maximum Gasteiger partial charge on any atom is -0.0202 e. The van der Waals surface area contributed by atoms with Gasteiger partial charge in [0.15, 0.2) is 0 Å². The van der Waals surface area contributed by atoms with Crippen molar-refractivity contribution in [2.24, 2.45) is 17.8 Å². The molecule has 0 heteroatoms. The molecule has 19 heavy (non-hydrogen) atoms. The molecular formula is C19H24. The van der Waals surface area contributed by atoms with Gasteiger partial charge in [0.25, 0.3) is 0 Å². The summed E-state index contributed by atoms with van der Waals surface area (Å²) >= 11 is 0. The zero-order valence-corrected chi connectivity index (χ0v) is 11.9. The molecule has 0 amide bonds. The van der Waals surface area contributed by atoms with Gasteiger partial charge in [-0.15, -0.1) is 6.58 Å². The van der Waals surface area contributed by atoms with Crippen LogP contribution >= 0.6 is 0 Å². The maximum atomic E-state index is 3.98. The van der Waals surface area contributed by atoms with E-state index in [1.54, 1.807) is 0 Å². The number of hydrogen-bond donors (Lipinski definition) is 0. The van der Waals surface area contributed by atoms with Gasteiger partial charge in [-0.1, -0.05) is 68.5 Å². The molecule has 0 saturated heterocycles. The molecule has 100 valence electrons. The minimum atomic E-state index is 0.711. The molecule has 1 aromatic rings. The van der Waals surface area contributed by atoms with Gasteiger partial charge in [-0.3, -0.25) is 0 Å². The van der Waals surface area contributed by atoms with Crippen molar-refractivity contribution in [3.8, 4) is 0 Å². The zero-order valence-electron chi connectivity index (χ0n) is 11.9. The van der Waals surface area contributed by atoms with Crippen LogP contribution in [0.1, 0.15) is 37.3 Å². The molecule has 3 atom stereocenters. The topological polar surface area (TPSA) is 0 Å². The summed E-state index contributed by atoms with van der Waals surface area (Å²) in [5.41, 5.74) is 2.46. The van der Waals surface area contributed by atoms with Gasteiger partial charge in [-0.2, -0.15) is 0 Å². The summed E-state index contributed by atoms with van der Waals surface area (Å²) in [4.78, 5) is 0. The van der Waals surface area contributed by atoms with Crippen LogP contribution in [0, 0.1) is 17.8 Å². The fourth-order valence-corrected chi connectivity index (χ4v) is 3.11. The van der Waals surface area contributed by atoms with Crippen molar-refractivity contribution in [3.63, 3.8) is 0 Å². The molecule has 1 aromatic carbocycles. The first-order chi connectivity index (χ1) is 9.26. The summed E-state index contributed by atoms with van der Waals surface area (Å²) in [5.74, 6) is 2.25. The van der Waals surface area contributed by atoms with Gasteiger partial charge in [0.1, 0.15) is 0 Å². The molecule has 3 unspecified atom stereocenters. The molecule has 1 saturated carbocycles. The van der Waals surface area contributed by atoms with E-state index >= 15 is 0 Å². The first-order valence-corrected chi connectivity index (χ1v) is 7.30. The monoisotopic (exact) mass is 252 g/mol. The van der Waals surface area contributed by atoms with E-state index in [4.69, 9.17) is 0 Å². The van der Waals surface area contributed by atoms with Crippen LogP contribution in [-0.2, 0) is 0 Å². The van der Waals surface area contributed by atoms with E-state index in [9.17, 15) is 0 Å². The third-order valence-electron chi connectivity index (χ3n) is 4.35. The lowest BCUT2D eigenvalue weighted by Gasteiger charge is -2.11. The molecule has 0 nitrogen and oxygen atoms in total. The average Bonchev–Trinajstić information content (AvgIpc) is 2.88. The summed E-state index contributed by atoms with van der Waals surface area (Å²) < 4.78 is 0. The summed E-state index contributed by atoms with van der Waals surface area (Å²) in [6.07, 6.45) is 12.5. The van der Waals surface area contributed by atoms with Crippen molar-refractivity contribution in [2.45, 2.75) is 26.2 Å². The van der Waals surface area contributed by atoms with E-state index in [-0.39, 0.29) is 0 Å². The largest absolute Gasteiger partial charge is 0.103 e. The summed E-state index contributed by atoms with van der Waals surface area (Å²) in [6.45, 7) is 10.0. The summed E-state index contributed by atoms with van der Waals surface area (Å²) in [5, 5.41) is 0. The molecule has 0 bridgehead atoms. The lowest BCUT2D eigenvalue weighted by Crippen LogP contribution is -2.02.